The average Bonchev–Trinajstić information content (AvgIpc) is 3.19. The quantitative estimate of drug-likeness (QED) is 0.292. The number of piperidine rings is 1. The Morgan fingerprint density at radius 2 is 2.26 bits per heavy atom. The first kappa shape index (κ1) is 21.7. The van der Waals surface area contributed by atoms with Crippen molar-refractivity contribution in [1.82, 2.24) is 15.5 Å². The Morgan fingerprint density at radius 1 is 1.41 bits per heavy atom. The molecule has 2 rings (SSSR count). The lowest BCUT2D eigenvalue weighted by Crippen LogP contribution is -2.40. The van der Waals surface area contributed by atoms with Gasteiger partial charge in [0.25, 0.3) is 0 Å². The maximum atomic E-state index is 11.2. The molecule has 2 heterocycles. The van der Waals surface area contributed by atoms with Crippen molar-refractivity contribution < 1.29 is 9.53 Å². The van der Waals surface area contributed by atoms with Crippen LogP contribution in [0.4, 0.5) is 0 Å². The number of esters is 1. The van der Waals surface area contributed by atoms with Gasteiger partial charge in [-0.3, -0.25) is 14.7 Å². The van der Waals surface area contributed by atoms with Crippen molar-refractivity contribution in [3.05, 3.63) is 22.4 Å². The number of hydrogen-bond acceptors (Lipinski definition) is 5. The fourth-order valence-electron chi connectivity index (χ4n) is 3.61. The molecule has 1 aromatic rings. The number of nitrogens with one attached hydrogen (secondary N) is 2. The Labute approximate surface area is 167 Å². The standard InChI is InChI=1S/C20H34N4O2S/c1-4-21-20(22-12-6-5-11-18(25)26-3)23-15-16-9-7-13-24(2)19(16)17-10-8-14-27-17/h8,10,14,16,19H,4-7,9,11-13,15H2,1-3H3,(H2,21,22,23). The summed E-state index contributed by atoms with van der Waals surface area (Å²) >= 11 is 1.85. The number of unbranched alkanes of at least 4 members (excludes halogenated alkanes) is 1. The van der Waals surface area contributed by atoms with Crippen LogP contribution in [0, 0.1) is 5.92 Å². The van der Waals surface area contributed by atoms with E-state index in [0.717, 1.165) is 45.0 Å². The summed E-state index contributed by atoms with van der Waals surface area (Å²) in [7, 11) is 3.66. The minimum absolute atomic E-state index is 0.142. The molecule has 0 aromatic carbocycles. The highest BCUT2D eigenvalue weighted by molar-refractivity contribution is 7.10. The lowest BCUT2D eigenvalue weighted by molar-refractivity contribution is -0.140. The number of ether oxygens (including phenoxy) is 1. The number of thiophene rings is 1. The molecule has 1 aliphatic rings. The summed E-state index contributed by atoms with van der Waals surface area (Å²) in [5.74, 6) is 1.27. The predicted octanol–water partition coefficient (Wildman–Crippen LogP) is 3.03. The molecular formula is C20H34N4O2S. The normalized spacial score (nSPS) is 21.1. The van der Waals surface area contributed by atoms with E-state index in [9.17, 15) is 4.79 Å². The van der Waals surface area contributed by atoms with Crippen LogP contribution in [0.25, 0.3) is 0 Å². The fourth-order valence-corrected chi connectivity index (χ4v) is 4.60. The summed E-state index contributed by atoms with van der Waals surface area (Å²) in [6.07, 6.45) is 4.67. The number of methoxy groups -OCH3 is 1. The predicted molar refractivity (Wildman–Crippen MR) is 112 cm³/mol. The highest BCUT2D eigenvalue weighted by Gasteiger charge is 2.31. The third-order valence-corrected chi connectivity index (χ3v) is 5.94. The van der Waals surface area contributed by atoms with Gasteiger partial charge in [-0.05, 0) is 63.6 Å². The molecule has 6 nitrogen and oxygen atoms in total. The molecule has 0 spiro atoms. The highest BCUT2D eigenvalue weighted by atomic mass is 32.1. The van der Waals surface area contributed by atoms with E-state index in [1.807, 2.05) is 11.3 Å². The van der Waals surface area contributed by atoms with E-state index in [0.29, 0.717) is 18.4 Å². The van der Waals surface area contributed by atoms with Crippen LogP contribution in [0.5, 0.6) is 0 Å². The van der Waals surface area contributed by atoms with Gasteiger partial charge in [0.1, 0.15) is 0 Å². The first-order valence-corrected chi connectivity index (χ1v) is 10.9. The van der Waals surface area contributed by atoms with Gasteiger partial charge >= 0.3 is 5.97 Å². The Kier molecular flexibility index (Phi) is 9.62. The minimum Gasteiger partial charge on any atom is -0.469 e. The third kappa shape index (κ3) is 7.14. The van der Waals surface area contributed by atoms with Crippen molar-refractivity contribution in [2.24, 2.45) is 10.9 Å². The molecule has 0 amide bonds. The summed E-state index contributed by atoms with van der Waals surface area (Å²) in [6, 6.07) is 4.85. The van der Waals surface area contributed by atoms with E-state index in [1.54, 1.807) is 0 Å². The average molecular weight is 395 g/mol. The first-order chi connectivity index (χ1) is 13.2. The van der Waals surface area contributed by atoms with Crippen molar-refractivity contribution in [1.29, 1.82) is 0 Å². The molecule has 27 heavy (non-hydrogen) atoms. The van der Waals surface area contributed by atoms with Crippen molar-refractivity contribution in [2.45, 2.75) is 45.1 Å². The number of carbonyl (C=O) groups is 1. The molecule has 1 fully saturated rings. The molecule has 1 aliphatic heterocycles. The van der Waals surface area contributed by atoms with Gasteiger partial charge in [-0.15, -0.1) is 11.3 Å². The molecule has 0 bridgehead atoms. The number of nitrogens with zero attached hydrogens (tertiary/aromatic N) is 2. The van der Waals surface area contributed by atoms with E-state index in [2.05, 4.69) is 51.8 Å². The van der Waals surface area contributed by atoms with E-state index in [1.165, 1.54) is 24.8 Å². The SMILES string of the molecule is CCNC(=NCC1CCCN(C)C1c1cccs1)NCCCCC(=O)OC. The fraction of sp³-hybridized carbons (Fsp3) is 0.700. The van der Waals surface area contributed by atoms with Gasteiger partial charge in [-0.2, -0.15) is 0 Å². The molecule has 0 saturated carbocycles. The lowest BCUT2D eigenvalue weighted by Gasteiger charge is -2.38. The molecular weight excluding hydrogens is 360 g/mol. The number of guanidine groups is 1. The lowest BCUT2D eigenvalue weighted by atomic mass is 9.88. The van der Waals surface area contributed by atoms with Crippen LogP contribution < -0.4 is 10.6 Å². The zero-order valence-electron chi connectivity index (χ0n) is 16.9. The number of hydrogen-bond donors (Lipinski definition) is 2. The van der Waals surface area contributed by atoms with Crippen LogP contribution >= 0.6 is 11.3 Å². The molecule has 152 valence electrons. The number of aliphatic imine (C=N–C) groups is 1. The number of carbonyl (C=O) groups excluding carboxylic acids is 1. The van der Waals surface area contributed by atoms with Crippen molar-refractivity contribution in [3.8, 4) is 0 Å². The molecule has 7 heteroatoms. The van der Waals surface area contributed by atoms with Crippen LogP contribution in [0.1, 0.15) is 49.9 Å². The molecule has 0 aliphatic carbocycles. The smallest absolute Gasteiger partial charge is 0.305 e. The summed E-state index contributed by atoms with van der Waals surface area (Å²) in [5.41, 5.74) is 0. The van der Waals surface area contributed by atoms with Gasteiger partial charge in [0.2, 0.25) is 0 Å². The zero-order chi connectivity index (χ0) is 19.5. The summed E-state index contributed by atoms with van der Waals surface area (Å²) in [6.45, 7) is 5.71. The van der Waals surface area contributed by atoms with Crippen LogP contribution in [-0.2, 0) is 9.53 Å². The molecule has 2 unspecified atom stereocenters. The van der Waals surface area contributed by atoms with Gasteiger partial charge in [0, 0.05) is 37.0 Å². The second-order valence-corrected chi connectivity index (χ2v) is 8.00. The summed E-state index contributed by atoms with van der Waals surface area (Å²) < 4.78 is 4.67. The van der Waals surface area contributed by atoms with E-state index in [4.69, 9.17) is 4.99 Å². The van der Waals surface area contributed by atoms with Gasteiger partial charge in [-0.1, -0.05) is 6.07 Å². The van der Waals surface area contributed by atoms with Crippen molar-refractivity contribution in [2.75, 3.05) is 40.3 Å². The van der Waals surface area contributed by atoms with Gasteiger partial charge < -0.3 is 15.4 Å². The Balaban J connectivity index is 1.87. The molecule has 2 N–H and O–H groups in total. The Hall–Kier alpha value is -1.60. The minimum atomic E-state index is -0.142. The molecule has 0 radical (unpaired) electrons. The van der Waals surface area contributed by atoms with Crippen molar-refractivity contribution >= 4 is 23.3 Å². The maximum absolute atomic E-state index is 11.2. The third-order valence-electron chi connectivity index (χ3n) is 5.00. The highest BCUT2D eigenvalue weighted by Crippen LogP contribution is 2.37. The second-order valence-electron chi connectivity index (χ2n) is 7.02. The molecule has 1 aromatic heterocycles. The second kappa shape index (κ2) is 12.0. The molecule has 2 atom stereocenters. The van der Waals surface area contributed by atoms with Crippen LogP contribution in [0.2, 0.25) is 0 Å². The Bertz CT molecular complexity index is 577. The van der Waals surface area contributed by atoms with Crippen LogP contribution in [0.15, 0.2) is 22.5 Å². The van der Waals surface area contributed by atoms with E-state index >= 15 is 0 Å². The Morgan fingerprint density at radius 3 is 2.96 bits per heavy atom. The largest absolute Gasteiger partial charge is 0.469 e. The van der Waals surface area contributed by atoms with Gasteiger partial charge in [0.05, 0.1) is 7.11 Å². The van der Waals surface area contributed by atoms with E-state index < -0.39 is 0 Å². The van der Waals surface area contributed by atoms with Crippen LogP contribution in [-0.4, -0.2) is 57.2 Å². The van der Waals surface area contributed by atoms with Gasteiger partial charge in [-0.25, -0.2) is 0 Å². The van der Waals surface area contributed by atoms with Crippen molar-refractivity contribution in [3.63, 3.8) is 0 Å². The van der Waals surface area contributed by atoms with E-state index in [-0.39, 0.29) is 5.97 Å². The maximum Gasteiger partial charge on any atom is 0.305 e. The van der Waals surface area contributed by atoms with Crippen LogP contribution in [0.3, 0.4) is 0 Å². The number of likely N-dealkylation sites (tertiary alicyclic amines) is 1. The topological polar surface area (TPSA) is 66.0 Å². The summed E-state index contributed by atoms with van der Waals surface area (Å²) in [5, 5.41) is 8.88. The zero-order valence-corrected chi connectivity index (χ0v) is 17.7. The number of rotatable bonds is 9. The van der Waals surface area contributed by atoms with Gasteiger partial charge in [0.15, 0.2) is 5.96 Å². The molecule has 1 saturated heterocycles. The summed E-state index contributed by atoms with van der Waals surface area (Å²) in [4.78, 5) is 19.9. The monoisotopic (exact) mass is 394 g/mol. The first-order valence-electron chi connectivity index (χ1n) is 9.98.